The molecular formula is C25H27BrClFN4O3S. The van der Waals surface area contributed by atoms with Crippen LogP contribution < -0.4 is 0 Å². The lowest BCUT2D eigenvalue weighted by atomic mass is 9.91. The monoisotopic (exact) mass is 596 g/mol. The lowest BCUT2D eigenvalue weighted by Crippen LogP contribution is -2.55. The van der Waals surface area contributed by atoms with Crippen molar-refractivity contribution < 1.29 is 17.9 Å². The minimum Gasteiger partial charge on any atom is -0.391 e. The standard InChI is InChI=1S/C25H27BrClFN4O3S/c26-18-7-5-16(13-20(18)28)21-15-29-25(30-21)17-6-8-19(27)24(14-17)36(34,35)32-11-9-31(10-12-32)22-3-1-2-4-23(22)33/h5-8,13-15,22-23,33H,1-4,9-12H2,(H,29,30)/t22-,23-/m1/s1. The molecule has 2 aliphatic rings. The number of hydrogen-bond acceptors (Lipinski definition) is 5. The van der Waals surface area contributed by atoms with Crippen LogP contribution in [-0.2, 0) is 10.0 Å². The Balaban J connectivity index is 1.35. The van der Waals surface area contributed by atoms with Gasteiger partial charge in [-0.15, -0.1) is 0 Å². The fourth-order valence-corrected chi connectivity index (χ4v) is 7.23. The minimum absolute atomic E-state index is 0.0282. The normalized spacial score (nSPS) is 22.1. The van der Waals surface area contributed by atoms with Crippen LogP contribution in [0.3, 0.4) is 0 Å². The minimum atomic E-state index is -3.83. The molecule has 1 saturated heterocycles. The molecule has 5 rings (SSSR count). The van der Waals surface area contributed by atoms with Gasteiger partial charge < -0.3 is 10.1 Å². The Morgan fingerprint density at radius 1 is 1.06 bits per heavy atom. The number of imidazole rings is 1. The number of hydrogen-bond donors (Lipinski definition) is 2. The number of piperazine rings is 1. The third-order valence-electron chi connectivity index (χ3n) is 7.07. The Kier molecular flexibility index (Phi) is 7.54. The van der Waals surface area contributed by atoms with Crippen LogP contribution >= 0.6 is 27.5 Å². The van der Waals surface area contributed by atoms with Crippen molar-refractivity contribution in [1.29, 1.82) is 0 Å². The number of aromatic amines is 1. The van der Waals surface area contributed by atoms with E-state index in [1.807, 2.05) is 0 Å². The quantitative estimate of drug-likeness (QED) is 0.436. The highest BCUT2D eigenvalue weighted by atomic mass is 79.9. The molecule has 2 fully saturated rings. The summed E-state index contributed by atoms with van der Waals surface area (Å²) in [5.41, 5.74) is 1.79. The lowest BCUT2D eigenvalue weighted by molar-refractivity contribution is 0.00640. The molecule has 1 aliphatic heterocycles. The molecular weight excluding hydrogens is 571 g/mol. The molecule has 2 aromatic carbocycles. The third kappa shape index (κ3) is 5.12. The highest BCUT2D eigenvalue weighted by Gasteiger charge is 2.35. The molecule has 2 atom stereocenters. The summed E-state index contributed by atoms with van der Waals surface area (Å²) in [5, 5.41) is 10.5. The number of halogens is 3. The van der Waals surface area contributed by atoms with Crippen LogP contribution in [0.5, 0.6) is 0 Å². The number of aromatic nitrogens is 2. The zero-order chi connectivity index (χ0) is 25.4. The fraction of sp³-hybridized carbons (Fsp3) is 0.400. The molecule has 0 unspecified atom stereocenters. The first-order valence-corrected chi connectivity index (χ1v) is 14.6. The first-order valence-electron chi connectivity index (χ1n) is 12.0. The molecule has 0 spiro atoms. The average Bonchev–Trinajstić information content (AvgIpc) is 3.37. The maximum atomic E-state index is 14.0. The molecule has 2 N–H and O–H groups in total. The predicted molar refractivity (Wildman–Crippen MR) is 141 cm³/mol. The summed E-state index contributed by atoms with van der Waals surface area (Å²) in [6.45, 7) is 1.82. The summed E-state index contributed by atoms with van der Waals surface area (Å²) in [7, 11) is -3.83. The zero-order valence-electron chi connectivity index (χ0n) is 19.5. The number of rotatable bonds is 5. The average molecular weight is 598 g/mol. The third-order valence-corrected chi connectivity index (χ3v) is 10.1. The molecule has 2 heterocycles. The van der Waals surface area contributed by atoms with Crippen LogP contribution in [0.15, 0.2) is 52.0 Å². The van der Waals surface area contributed by atoms with E-state index in [-0.39, 0.29) is 27.9 Å². The van der Waals surface area contributed by atoms with E-state index in [0.717, 1.165) is 25.7 Å². The summed E-state index contributed by atoms with van der Waals surface area (Å²) in [4.78, 5) is 9.76. The molecule has 1 aliphatic carbocycles. The van der Waals surface area contributed by atoms with E-state index in [1.165, 1.54) is 16.4 Å². The van der Waals surface area contributed by atoms with Crippen molar-refractivity contribution in [3.63, 3.8) is 0 Å². The van der Waals surface area contributed by atoms with Gasteiger partial charge >= 0.3 is 0 Å². The van der Waals surface area contributed by atoms with Gasteiger partial charge in [-0.3, -0.25) is 4.90 Å². The number of nitrogens with zero attached hydrogens (tertiary/aromatic N) is 3. The summed E-state index contributed by atoms with van der Waals surface area (Å²) < 4.78 is 42.9. The van der Waals surface area contributed by atoms with Gasteiger partial charge in [-0.2, -0.15) is 4.31 Å². The summed E-state index contributed by atoms with van der Waals surface area (Å²) >= 11 is 9.51. The van der Waals surface area contributed by atoms with Gasteiger partial charge in [0.2, 0.25) is 10.0 Å². The van der Waals surface area contributed by atoms with Gasteiger partial charge in [-0.1, -0.05) is 30.5 Å². The van der Waals surface area contributed by atoms with E-state index in [1.54, 1.807) is 30.5 Å². The molecule has 36 heavy (non-hydrogen) atoms. The van der Waals surface area contributed by atoms with Crippen LogP contribution in [0.2, 0.25) is 5.02 Å². The maximum absolute atomic E-state index is 14.0. The van der Waals surface area contributed by atoms with E-state index < -0.39 is 10.0 Å². The Labute approximate surface area is 223 Å². The van der Waals surface area contributed by atoms with Crippen LogP contribution in [0.1, 0.15) is 25.7 Å². The number of H-pyrrole nitrogens is 1. The van der Waals surface area contributed by atoms with Crippen molar-refractivity contribution in [2.45, 2.75) is 42.7 Å². The number of sulfonamides is 1. The predicted octanol–water partition coefficient (Wildman–Crippen LogP) is 4.91. The van der Waals surface area contributed by atoms with Crippen LogP contribution in [-0.4, -0.2) is 71.0 Å². The number of nitrogens with one attached hydrogen (secondary N) is 1. The van der Waals surface area contributed by atoms with Crippen molar-refractivity contribution in [3.8, 4) is 22.6 Å². The number of aliphatic hydroxyl groups excluding tert-OH is 1. The lowest BCUT2D eigenvalue weighted by Gasteiger charge is -2.42. The van der Waals surface area contributed by atoms with Gasteiger partial charge in [0.15, 0.2) is 0 Å². The summed E-state index contributed by atoms with van der Waals surface area (Å²) in [6, 6.07) is 9.66. The highest BCUT2D eigenvalue weighted by Crippen LogP contribution is 2.32. The second-order valence-corrected chi connectivity index (χ2v) is 12.4. The maximum Gasteiger partial charge on any atom is 0.244 e. The molecule has 1 aromatic heterocycles. The first kappa shape index (κ1) is 25.8. The van der Waals surface area contributed by atoms with Crippen LogP contribution in [0, 0.1) is 5.82 Å². The summed E-state index contributed by atoms with van der Waals surface area (Å²) in [5.74, 6) is 0.0687. The van der Waals surface area contributed by atoms with Gasteiger partial charge in [0.1, 0.15) is 16.5 Å². The van der Waals surface area contributed by atoms with E-state index in [4.69, 9.17) is 11.6 Å². The second kappa shape index (κ2) is 10.5. The van der Waals surface area contributed by atoms with E-state index in [0.29, 0.717) is 53.3 Å². The van der Waals surface area contributed by atoms with Gasteiger partial charge in [-0.25, -0.2) is 17.8 Å². The Bertz CT molecular complexity index is 1360. The fourth-order valence-electron chi connectivity index (χ4n) is 5.06. The van der Waals surface area contributed by atoms with Crippen molar-refractivity contribution in [2.24, 2.45) is 0 Å². The van der Waals surface area contributed by atoms with E-state index in [2.05, 4.69) is 30.8 Å². The van der Waals surface area contributed by atoms with Gasteiger partial charge in [0.05, 0.1) is 27.5 Å². The largest absolute Gasteiger partial charge is 0.391 e. The molecule has 1 saturated carbocycles. The highest BCUT2D eigenvalue weighted by molar-refractivity contribution is 9.10. The van der Waals surface area contributed by atoms with Crippen LogP contribution in [0.4, 0.5) is 4.39 Å². The van der Waals surface area contributed by atoms with Crippen LogP contribution in [0.25, 0.3) is 22.6 Å². The molecule has 3 aromatic rings. The van der Waals surface area contributed by atoms with Gasteiger partial charge in [-0.05, 0) is 59.1 Å². The molecule has 11 heteroatoms. The second-order valence-electron chi connectivity index (χ2n) is 9.28. The molecule has 192 valence electrons. The molecule has 0 bridgehead atoms. The Hall–Kier alpha value is -1.82. The van der Waals surface area contributed by atoms with Gasteiger partial charge in [0.25, 0.3) is 0 Å². The molecule has 0 radical (unpaired) electrons. The number of aliphatic hydroxyl groups is 1. The topological polar surface area (TPSA) is 89.5 Å². The SMILES string of the molecule is O=S(=O)(c1cc(-c2ncc(-c3ccc(Br)c(F)c3)[nH]2)ccc1Cl)N1CCN([C@@H]2CCCC[C@H]2O)CC1. The Morgan fingerprint density at radius 2 is 1.78 bits per heavy atom. The van der Waals surface area contributed by atoms with E-state index >= 15 is 0 Å². The van der Waals surface area contributed by atoms with Gasteiger partial charge in [0, 0.05) is 43.3 Å². The smallest absolute Gasteiger partial charge is 0.244 e. The van der Waals surface area contributed by atoms with E-state index in [9.17, 15) is 17.9 Å². The zero-order valence-corrected chi connectivity index (χ0v) is 22.7. The van der Waals surface area contributed by atoms with Crippen molar-refractivity contribution in [3.05, 3.63) is 57.9 Å². The molecule has 0 amide bonds. The first-order chi connectivity index (χ1) is 17.2. The van der Waals surface area contributed by atoms with Crippen molar-refractivity contribution in [1.82, 2.24) is 19.2 Å². The Morgan fingerprint density at radius 3 is 2.50 bits per heavy atom. The number of benzene rings is 2. The van der Waals surface area contributed by atoms with Crippen molar-refractivity contribution >= 4 is 37.6 Å². The summed E-state index contributed by atoms with van der Waals surface area (Å²) in [6.07, 6.45) is 5.11. The molecule has 7 nitrogen and oxygen atoms in total. The van der Waals surface area contributed by atoms with Crippen molar-refractivity contribution in [2.75, 3.05) is 26.2 Å².